The van der Waals surface area contributed by atoms with Gasteiger partial charge in [-0.15, -0.1) is 0 Å². The van der Waals surface area contributed by atoms with Crippen LogP contribution in [-0.4, -0.2) is 18.6 Å². The van der Waals surface area contributed by atoms with E-state index in [4.69, 9.17) is 4.74 Å². The molecule has 1 N–H and O–H groups in total. The third-order valence-corrected chi connectivity index (χ3v) is 2.26. The molecular formula is C12H15F2NO2. The van der Waals surface area contributed by atoms with Crippen molar-refractivity contribution in [2.24, 2.45) is 0 Å². The summed E-state index contributed by atoms with van der Waals surface area (Å²) in [6.07, 6.45) is 0. The van der Waals surface area contributed by atoms with Crippen LogP contribution < -0.4 is 5.32 Å². The Morgan fingerprint density at radius 2 is 2.06 bits per heavy atom. The molecule has 94 valence electrons. The van der Waals surface area contributed by atoms with Crippen LogP contribution in [0.4, 0.5) is 14.5 Å². The van der Waals surface area contributed by atoms with E-state index in [1.165, 1.54) is 13.8 Å². The topological polar surface area (TPSA) is 38.3 Å². The molecule has 0 aliphatic rings. The normalized spacial score (nSPS) is 12.1. The SMILES string of the molecule is CCOC(=O)C(C)Nc1cc(F)c(C)cc1F. The summed E-state index contributed by atoms with van der Waals surface area (Å²) in [5.41, 5.74) is 0.172. The summed E-state index contributed by atoms with van der Waals surface area (Å²) in [6.45, 7) is 4.92. The largest absolute Gasteiger partial charge is 0.464 e. The zero-order valence-electron chi connectivity index (χ0n) is 10.0. The van der Waals surface area contributed by atoms with Gasteiger partial charge in [-0.2, -0.15) is 0 Å². The molecule has 0 bridgehead atoms. The first-order chi connectivity index (χ1) is 7.95. The van der Waals surface area contributed by atoms with Crippen LogP contribution in [0.15, 0.2) is 12.1 Å². The zero-order chi connectivity index (χ0) is 13.0. The van der Waals surface area contributed by atoms with Crippen molar-refractivity contribution >= 4 is 11.7 Å². The van der Waals surface area contributed by atoms with Gasteiger partial charge in [0.05, 0.1) is 12.3 Å². The van der Waals surface area contributed by atoms with Crippen molar-refractivity contribution in [1.82, 2.24) is 0 Å². The van der Waals surface area contributed by atoms with Gasteiger partial charge in [0.25, 0.3) is 0 Å². The lowest BCUT2D eigenvalue weighted by Gasteiger charge is -2.14. The molecule has 0 aliphatic carbocycles. The van der Waals surface area contributed by atoms with Crippen molar-refractivity contribution in [2.75, 3.05) is 11.9 Å². The minimum absolute atomic E-state index is 0.0475. The van der Waals surface area contributed by atoms with Crippen molar-refractivity contribution in [3.05, 3.63) is 29.3 Å². The quantitative estimate of drug-likeness (QED) is 0.826. The van der Waals surface area contributed by atoms with Gasteiger partial charge >= 0.3 is 5.97 Å². The van der Waals surface area contributed by atoms with Crippen LogP contribution in [-0.2, 0) is 9.53 Å². The van der Waals surface area contributed by atoms with Crippen molar-refractivity contribution < 1.29 is 18.3 Å². The van der Waals surface area contributed by atoms with E-state index < -0.39 is 23.6 Å². The van der Waals surface area contributed by atoms with Gasteiger partial charge in [-0.3, -0.25) is 0 Å². The molecule has 0 spiro atoms. The van der Waals surface area contributed by atoms with Gasteiger partial charge < -0.3 is 10.1 Å². The third-order valence-electron chi connectivity index (χ3n) is 2.26. The lowest BCUT2D eigenvalue weighted by atomic mass is 10.2. The number of carbonyl (C=O) groups is 1. The Bertz CT molecular complexity index is 421. The smallest absolute Gasteiger partial charge is 0.328 e. The molecular weight excluding hydrogens is 228 g/mol. The number of anilines is 1. The Morgan fingerprint density at radius 1 is 1.41 bits per heavy atom. The molecule has 0 fully saturated rings. The second kappa shape index (κ2) is 5.61. The summed E-state index contributed by atoms with van der Waals surface area (Å²) < 4.78 is 31.4. The zero-order valence-corrected chi connectivity index (χ0v) is 10.0. The van der Waals surface area contributed by atoms with E-state index in [-0.39, 0.29) is 17.9 Å². The number of nitrogens with one attached hydrogen (secondary N) is 1. The Hall–Kier alpha value is -1.65. The molecule has 3 nitrogen and oxygen atoms in total. The molecule has 0 amide bonds. The Balaban J connectivity index is 2.81. The molecule has 0 aromatic heterocycles. The van der Waals surface area contributed by atoms with Gasteiger partial charge in [0, 0.05) is 6.07 Å². The van der Waals surface area contributed by atoms with E-state index in [0.29, 0.717) is 0 Å². The van der Waals surface area contributed by atoms with E-state index in [1.807, 2.05) is 0 Å². The molecule has 17 heavy (non-hydrogen) atoms. The monoisotopic (exact) mass is 243 g/mol. The molecule has 5 heteroatoms. The fraction of sp³-hybridized carbons (Fsp3) is 0.417. The van der Waals surface area contributed by atoms with Crippen LogP contribution in [0, 0.1) is 18.6 Å². The van der Waals surface area contributed by atoms with Crippen molar-refractivity contribution in [3.63, 3.8) is 0 Å². The molecule has 0 saturated carbocycles. The minimum Gasteiger partial charge on any atom is -0.464 e. The van der Waals surface area contributed by atoms with E-state index in [9.17, 15) is 13.6 Å². The van der Waals surface area contributed by atoms with Crippen LogP contribution in [0.5, 0.6) is 0 Å². The number of halogens is 2. The number of aryl methyl sites for hydroxylation is 1. The van der Waals surface area contributed by atoms with Crippen LogP contribution in [0.3, 0.4) is 0 Å². The minimum atomic E-state index is -0.730. The molecule has 0 aliphatic heterocycles. The maximum Gasteiger partial charge on any atom is 0.328 e. The van der Waals surface area contributed by atoms with Gasteiger partial charge in [-0.1, -0.05) is 0 Å². The average molecular weight is 243 g/mol. The summed E-state index contributed by atoms with van der Waals surface area (Å²) in [4.78, 5) is 11.3. The first kappa shape index (κ1) is 13.4. The second-order valence-corrected chi connectivity index (χ2v) is 3.70. The Kier molecular flexibility index (Phi) is 4.43. The van der Waals surface area contributed by atoms with Crippen LogP contribution in [0.1, 0.15) is 19.4 Å². The second-order valence-electron chi connectivity index (χ2n) is 3.70. The molecule has 1 aromatic rings. The molecule has 1 atom stereocenters. The maximum absolute atomic E-state index is 13.5. The number of rotatable bonds is 4. The van der Waals surface area contributed by atoms with E-state index in [0.717, 1.165) is 12.1 Å². The number of esters is 1. The fourth-order valence-electron chi connectivity index (χ4n) is 1.32. The average Bonchev–Trinajstić information content (AvgIpc) is 2.26. The van der Waals surface area contributed by atoms with E-state index in [1.54, 1.807) is 6.92 Å². The summed E-state index contributed by atoms with van der Waals surface area (Å²) >= 11 is 0. The van der Waals surface area contributed by atoms with Crippen molar-refractivity contribution in [2.45, 2.75) is 26.8 Å². The maximum atomic E-state index is 13.5. The summed E-state index contributed by atoms with van der Waals surface area (Å²) in [7, 11) is 0. The first-order valence-electron chi connectivity index (χ1n) is 5.34. The number of benzene rings is 1. The van der Waals surface area contributed by atoms with Gasteiger partial charge in [0.2, 0.25) is 0 Å². The Labute approximate surface area is 98.8 Å². The van der Waals surface area contributed by atoms with Gasteiger partial charge in [-0.25, -0.2) is 13.6 Å². The van der Waals surface area contributed by atoms with E-state index >= 15 is 0 Å². The van der Waals surface area contributed by atoms with Crippen LogP contribution in [0.2, 0.25) is 0 Å². The molecule has 0 saturated heterocycles. The standard InChI is InChI=1S/C12H15F2NO2/c1-4-17-12(16)8(3)15-11-6-9(13)7(2)5-10(11)14/h5-6,8,15H,4H2,1-3H3. The van der Waals surface area contributed by atoms with Gasteiger partial charge in [0.1, 0.15) is 17.7 Å². The fourth-order valence-corrected chi connectivity index (χ4v) is 1.32. The number of carbonyl (C=O) groups excluding carboxylic acids is 1. The molecule has 0 heterocycles. The predicted octanol–water partition coefficient (Wildman–Crippen LogP) is 2.64. The highest BCUT2D eigenvalue weighted by Gasteiger charge is 2.16. The lowest BCUT2D eigenvalue weighted by molar-refractivity contribution is -0.143. The third kappa shape index (κ3) is 3.41. The number of hydrogen-bond donors (Lipinski definition) is 1. The van der Waals surface area contributed by atoms with Crippen molar-refractivity contribution in [3.8, 4) is 0 Å². The molecule has 1 unspecified atom stereocenters. The lowest BCUT2D eigenvalue weighted by Crippen LogP contribution is -2.28. The van der Waals surface area contributed by atoms with Crippen LogP contribution in [0.25, 0.3) is 0 Å². The summed E-state index contributed by atoms with van der Waals surface area (Å²) in [6, 6.07) is 1.38. The highest BCUT2D eigenvalue weighted by atomic mass is 19.1. The summed E-state index contributed by atoms with van der Waals surface area (Å²) in [5.74, 6) is -1.63. The van der Waals surface area contributed by atoms with Crippen LogP contribution >= 0.6 is 0 Å². The van der Waals surface area contributed by atoms with Gasteiger partial charge in [-0.05, 0) is 32.4 Å². The number of ether oxygens (including phenoxy) is 1. The van der Waals surface area contributed by atoms with Crippen molar-refractivity contribution in [1.29, 1.82) is 0 Å². The summed E-state index contributed by atoms with van der Waals surface area (Å²) in [5, 5.41) is 2.57. The molecule has 1 aromatic carbocycles. The highest BCUT2D eigenvalue weighted by molar-refractivity contribution is 5.78. The first-order valence-corrected chi connectivity index (χ1v) is 5.34. The molecule has 0 radical (unpaired) electrons. The molecule has 1 rings (SSSR count). The Morgan fingerprint density at radius 3 is 2.65 bits per heavy atom. The van der Waals surface area contributed by atoms with E-state index in [2.05, 4.69) is 5.32 Å². The predicted molar refractivity (Wildman–Crippen MR) is 60.8 cm³/mol. The highest BCUT2D eigenvalue weighted by Crippen LogP contribution is 2.19. The van der Waals surface area contributed by atoms with Gasteiger partial charge in [0.15, 0.2) is 0 Å². The number of hydrogen-bond acceptors (Lipinski definition) is 3.